The first-order valence-corrected chi connectivity index (χ1v) is 8.92. The van der Waals surface area contributed by atoms with Crippen molar-refractivity contribution >= 4 is 11.7 Å². The zero-order valence-corrected chi connectivity index (χ0v) is 14.2. The van der Waals surface area contributed by atoms with E-state index >= 15 is 0 Å². The second-order valence-corrected chi connectivity index (χ2v) is 7.49. The second kappa shape index (κ2) is 6.46. The van der Waals surface area contributed by atoms with Gasteiger partial charge in [0.1, 0.15) is 5.78 Å². The van der Waals surface area contributed by atoms with Crippen molar-refractivity contribution in [3.05, 3.63) is 35.4 Å². The summed E-state index contributed by atoms with van der Waals surface area (Å²) in [5.41, 5.74) is 2.27. The SMILES string of the molecule is Cc1cccc(C2(NC(=O)[C@@H]3CCC(=O)[C@H](C)C3)CCCC2)c1. The number of carbonyl (C=O) groups excluding carboxylic acids is 2. The molecule has 1 N–H and O–H groups in total. The third-order valence-electron chi connectivity index (χ3n) is 5.69. The van der Waals surface area contributed by atoms with Crippen LogP contribution in [0.3, 0.4) is 0 Å². The molecule has 3 rings (SSSR count). The summed E-state index contributed by atoms with van der Waals surface area (Å²) in [5.74, 6) is 0.471. The van der Waals surface area contributed by atoms with Crippen molar-refractivity contribution in [2.24, 2.45) is 11.8 Å². The molecule has 1 amide bonds. The summed E-state index contributed by atoms with van der Waals surface area (Å²) in [7, 11) is 0. The van der Waals surface area contributed by atoms with Crippen molar-refractivity contribution in [3.8, 4) is 0 Å². The van der Waals surface area contributed by atoms with Gasteiger partial charge >= 0.3 is 0 Å². The molecule has 2 aliphatic rings. The molecule has 0 bridgehead atoms. The molecule has 0 saturated heterocycles. The Hall–Kier alpha value is -1.64. The molecule has 1 aromatic rings. The highest BCUT2D eigenvalue weighted by Crippen LogP contribution is 2.40. The highest BCUT2D eigenvalue weighted by atomic mass is 16.2. The molecule has 0 heterocycles. The zero-order valence-electron chi connectivity index (χ0n) is 14.2. The molecule has 0 unspecified atom stereocenters. The Balaban J connectivity index is 1.77. The Morgan fingerprint density at radius 3 is 2.65 bits per heavy atom. The monoisotopic (exact) mass is 313 g/mol. The number of carbonyl (C=O) groups is 2. The van der Waals surface area contributed by atoms with Gasteiger partial charge in [0.05, 0.1) is 5.54 Å². The number of aryl methyl sites for hydroxylation is 1. The van der Waals surface area contributed by atoms with Crippen molar-refractivity contribution in [1.82, 2.24) is 5.32 Å². The minimum atomic E-state index is -0.201. The average Bonchev–Trinajstić information content (AvgIpc) is 3.00. The highest BCUT2D eigenvalue weighted by Gasteiger charge is 2.39. The van der Waals surface area contributed by atoms with Crippen LogP contribution in [0.15, 0.2) is 24.3 Å². The quantitative estimate of drug-likeness (QED) is 0.920. The van der Waals surface area contributed by atoms with E-state index in [4.69, 9.17) is 0 Å². The second-order valence-electron chi connectivity index (χ2n) is 7.49. The van der Waals surface area contributed by atoms with Gasteiger partial charge in [0.15, 0.2) is 0 Å². The molecule has 2 aliphatic carbocycles. The van der Waals surface area contributed by atoms with Gasteiger partial charge in [0.25, 0.3) is 0 Å². The van der Waals surface area contributed by atoms with Gasteiger partial charge in [-0.25, -0.2) is 0 Å². The molecule has 3 heteroatoms. The predicted octanol–water partition coefficient (Wildman–Crippen LogP) is 3.89. The Bertz CT molecular complexity index is 601. The van der Waals surface area contributed by atoms with Crippen molar-refractivity contribution in [3.63, 3.8) is 0 Å². The van der Waals surface area contributed by atoms with Gasteiger partial charge in [-0.1, -0.05) is 49.6 Å². The summed E-state index contributed by atoms with van der Waals surface area (Å²) in [6.45, 7) is 4.05. The van der Waals surface area contributed by atoms with Crippen LogP contribution >= 0.6 is 0 Å². The number of benzene rings is 1. The van der Waals surface area contributed by atoms with E-state index in [0.29, 0.717) is 25.0 Å². The molecule has 0 spiro atoms. The van der Waals surface area contributed by atoms with E-state index in [9.17, 15) is 9.59 Å². The maximum absolute atomic E-state index is 12.8. The van der Waals surface area contributed by atoms with Crippen molar-refractivity contribution in [2.45, 2.75) is 64.3 Å². The number of amides is 1. The average molecular weight is 313 g/mol. The fourth-order valence-corrected chi connectivity index (χ4v) is 4.22. The van der Waals surface area contributed by atoms with Crippen LogP contribution in [-0.4, -0.2) is 11.7 Å². The molecule has 124 valence electrons. The van der Waals surface area contributed by atoms with E-state index in [2.05, 4.69) is 36.5 Å². The summed E-state index contributed by atoms with van der Waals surface area (Å²) in [6.07, 6.45) is 6.32. The first kappa shape index (κ1) is 16.2. The van der Waals surface area contributed by atoms with E-state index in [-0.39, 0.29) is 23.3 Å². The molecule has 2 saturated carbocycles. The van der Waals surface area contributed by atoms with E-state index in [1.165, 1.54) is 11.1 Å². The van der Waals surface area contributed by atoms with Gasteiger partial charge in [-0.15, -0.1) is 0 Å². The van der Waals surface area contributed by atoms with Crippen LogP contribution in [0, 0.1) is 18.8 Å². The van der Waals surface area contributed by atoms with Crippen molar-refractivity contribution < 1.29 is 9.59 Å². The first-order valence-electron chi connectivity index (χ1n) is 8.92. The van der Waals surface area contributed by atoms with Gasteiger partial charge in [-0.05, 0) is 38.2 Å². The molecular formula is C20H27NO2. The van der Waals surface area contributed by atoms with Gasteiger partial charge in [-0.2, -0.15) is 0 Å². The van der Waals surface area contributed by atoms with E-state index in [1.807, 2.05) is 6.92 Å². The maximum atomic E-state index is 12.8. The third-order valence-corrected chi connectivity index (χ3v) is 5.69. The van der Waals surface area contributed by atoms with Crippen molar-refractivity contribution in [2.75, 3.05) is 0 Å². The summed E-state index contributed by atoms with van der Waals surface area (Å²) >= 11 is 0. The van der Waals surface area contributed by atoms with Crippen LogP contribution in [0.4, 0.5) is 0 Å². The van der Waals surface area contributed by atoms with Gasteiger partial charge in [0, 0.05) is 18.3 Å². The minimum Gasteiger partial charge on any atom is -0.346 e. The normalized spacial score (nSPS) is 27.0. The van der Waals surface area contributed by atoms with Crippen LogP contribution < -0.4 is 5.32 Å². The predicted molar refractivity (Wildman–Crippen MR) is 91.0 cm³/mol. The summed E-state index contributed by atoms with van der Waals surface area (Å²) in [5, 5.41) is 3.39. The lowest BCUT2D eigenvalue weighted by Gasteiger charge is -2.34. The smallest absolute Gasteiger partial charge is 0.223 e. The molecule has 23 heavy (non-hydrogen) atoms. The van der Waals surface area contributed by atoms with E-state index in [1.54, 1.807) is 0 Å². The number of nitrogens with one attached hydrogen (secondary N) is 1. The number of hydrogen-bond donors (Lipinski definition) is 1. The number of ketones is 1. The lowest BCUT2D eigenvalue weighted by Crippen LogP contribution is -2.47. The molecule has 1 aromatic carbocycles. The van der Waals surface area contributed by atoms with Gasteiger partial charge < -0.3 is 5.32 Å². The first-order chi connectivity index (χ1) is 11.0. The standard InChI is InChI=1S/C20H27NO2/c1-14-6-5-7-17(12-14)20(10-3-4-11-20)21-19(23)16-8-9-18(22)15(2)13-16/h5-7,12,15-16H,3-4,8-11,13H2,1-2H3,(H,21,23)/t15-,16-/m1/s1. The van der Waals surface area contributed by atoms with Crippen LogP contribution in [-0.2, 0) is 15.1 Å². The largest absolute Gasteiger partial charge is 0.346 e. The van der Waals surface area contributed by atoms with Crippen LogP contribution in [0.5, 0.6) is 0 Å². The summed E-state index contributed by atoms with van der Waals surface area (Å²) in [6, 6.07) is 8.53. The minimum absolute atomic E-state index is 0.00927. The van der Waals surface area contributed by atoms with Gasteiger partial charge in [0.2, 0.25) is 5.91 Å². The number of hydrogen-bond acceptors (Lipinski definition) is 2. The zero-order chi connectivity index (χ0) is 16.4. The lowest BCUT2D eigenvalue weighted by molar-refractivity contribution is -0.132. The van der Waals surface area contributed by atoms with E-state index < -0.39 is 0 Å². The molecular weight excluding hydrogens is 286 g/mol. The molecule has 3 nitrogen and oxygen atoms in total. The topological polar surface area (TPSA) is 46.2 Å². The summed E-state index contributed by atoms with van der Waals surface area (Å²) < 4.78 is 0. The Kier molecular flexibility index (Phi) is 4.56. The lowest BCUT2D eigenvalue weighted by atomic mass is 9.80. The molecule has 0 aliphatic heterocycles. The van der Waals surface area contributed by atoms with Crippen LogP contribution in [0.1, 0.15) is 63.0 Å². The molecule has 2 fully saturated rings. The molecule has 2 atom stereocenters. The van der Waals surface area contributed by atoms with Crippen molar-refractivity contribution in [1.29, 1.82) is 0 Å². The molecule has 0 radical (unpaired) electrons. The van der Waals surface area contributed by atoms with Crippen LogP contribution in [0.25, 0.3) is 0 Å². The van der Waals surface area contributed by atoms with Crippen LogP contribution in [0.2, 0.25) is 0 Å². The maximum Gasteiger partial charge on any atom is 0.223 e. The fourth-order valence-electron chi connectivity index (χ4n) is 4.22. The Morgan fingerprint density at radius 2 is 2.00 bits per heavy atom. The van der Waals surface area contributed by atoms with E-state index in [0.717, 1.165) is 25.7 Å². The summed E-state index contributed by atoms with van der Waals surface area (Å²) in [4.78, 5) is 24.5. The fraction of sp³-hybridized carbons (Fsp3) is 0.600. The highest BCUT2D eigenvalue weighted by molar-refractivity contribution is 5.86. The number of rotatable bonds is 3. The Labute approximate surface area is 138 Å². The van der Waals surface area contributed by atoms with Gasteiger partial charge in [-0.3, -0.25) is 9.59 Å². The Morgan fingerprint density at radius 1 is 1.26 bits per heavy atom. The third kappa shape index (κ3) is 3.34. The molecule has 0 aromatic heterocycles. The number of Topliss-reactive ketones (excluding diaryl/α,β-unsaturated/α-hetero) is 1.